The highest BCUT2D eigenvalue weighted by molar-refractivity contribution is 6.13. The highest BCUT2D eigenvalue weighted by atomic mass is 16.6. The summed E-state index contributed by atoms with van der Waals surface area (Å²) in [7, 11) is 0. The molecule has 0 amide bonds. The molecule has 0 aromatic carbocycles. The fourth-order valence-corrected chi connectivity index (χ4v) is 0.829. The van der Waals surface area contributed by atoms with Crippen molar-refractivity contribution in [2.45, 2.75) is 0 Å². The number of cyclic esters (lactones) is 2. The van der Waals surface area contributed by atoms with E-state index < -0.39 is 11.9 Å². The van der Waals surface area contributed by atoms with Crippen LogP contribution in [0.3, 0.4) is 0 Å². The molecule has 0 saturated heterocycles. The van der Waals surface area contributed by atoms with E-state index in [4.69, 9.17) is 0 Å². The molecule has 2 rings (SSSR count). The van der Waals surface area contributed by atoms with Gasteiger partial charge in [0.15, 0.2) is 5.69 Å². The molecule has 1 aromatic rings. The molecule has 2 heterocycles. The molecule has 0 N–H and O–H groups in total. The lowest BCUT2D eigenvalue weighted by Gasteiger charge is -1.84. The monoisotopic (exact) mass is 150 g/mol. The predicted molar refractivity (Wildman–Crippen MR) is 31.8 cm³/mol. The van der Waals surface area contributed by atoms with Crippen LogP contribution < -0.4 is 0 Å². The Balaban J connectivity index is 2.69. The highest BCUT2D eigenvalue weighted by Crippen LogP contribution is 2.14. The van der Waals surface area contributed by atoms with E-state index in [1.54, 1.807) is 0 Å². The lowest BCUT2D eigenvalue weighted by molar-refractivity contribution is 0.0441. The zero-order valence-electron chi connectivity index (χ0n) is 5.27. The third-order valence-corrected chi connectivity index (χ3v) is 1.31. The number of aromatic nitrogens is 2. The topological polar surface area (TPSA) is 69.2 Å². The number of carbonyl (C=O) groups excluding carboxylic acids is 2. The zero-order valence-corrected chi connectivity index (χ0v) is 5.27. The summed E-state index contributed by atoms with van der Waals surface area (Å²) in [5, 5.41) is 0. The van der Waals surface area contributed by atoms with Crippen LogP contribution >= 0.6 is 0 Å². The summed E-state index contributed by atoms with van der Waals surface area (Å²) in [5.74, 6) is -1.38. The molecule has 54 valence electrons. The molecule has 0 radical (unpaired) electrons. The van der Waals surface area contributed by atoms with E-state index >= 15 is 0 Å². The number of hydrogen-bond donors (Lipinski definition) is 0. The van der Waals surface area contributed by atoms with E-state index in [9.17, 15) is 9.59 Å². The molecule has 1 aliphatic heterocycles. The number of carbonyl (C=O) groups is 2. The van der Waals surface area contributed by atoms with Gasteiger partial charge in [0.2, 0.25) is 0 Å². The van der Waals surface area contributed by atoms with Crippen molar-refractivity contribution in [1.82, 2.24) is 9.97 Å². The molecule has 0 aliphatic carbocycles. The molecule has 11 heavy (non-hydrogen) atoms. The fourth-order valence-electron chi connectivity index (χ4n) is 0.829. The van der Waals surface area contributed by atoms with Gasteiger partial charge in [0.25, 0.3) is 0 Å². The molecule has 5 heteroatoms. The average Bonchev–Trinajstić information content (AvgIpc) is 2.30. The molecule has 0 unspecified atom stereocenters. The Bertz CT molecular complexity index is 314. The van der Waals surface area contributed by atoms with Gasteiger partial charge in [0.05, 0.1) is 0 Å². The minimum Gasteiger partial charge on any atom is -0.384 e. The lowest BCUT2D eigenvalue weighted by atomic mass is 10.3. The van der Waals surface area contributed by atoms with E-state index in [1.807, 2.05) is 0 Å². The van der Waals surface area contributed by atoms with Gasteiger partial charge in [0, 0.05) is 6.20 Å². The van der Waals surface area contributed by atoms with Crippen molar-refractivity contribution in [2.75, 3.05) is 0 Å². The molecule has 0 spiro atoms. The standard InChI is InChI=1S/C6H2N2O3/c9-5-3-1-7-2-8-4(3)6(10)11-5/h1-2H. The number of hydrogen-bond acceptors (Lipinski definition) is 5. The minimum absolute atomic E-state index is 0.0463. The average molecular weight is 150 g/mol. The Hall–Kier alpha value is -1.78. The van der Waals surface area contributed by atoms with Crippen molar-refractivity contribution in [2.24, 2.45) is 0 Å². The highest BCUT2D eigenvalue weighted by Gasteiger charge is 2.30. The summed E-state index contributed by atoms with van der Waals surface area (Å²) in [6.07, 6.45) is 2.45. The minimum atomic E-state index is -0.701. The van der Waals surface area contributed by atoms with E-state index in [1.165, 1.54) is 12.5 Å². The third kappa shape index (κ3) is 0.706. The van der Waals surface area contributed by atoms with Gasteiger partial charge < -0.3 is 4.74 Å². The molecule has 1 aromatic heterocycles. The van der Waals surface area contributed by atoms with E-state index in [-0.39, 0.29) is 11.3 Å². The SMILES string of the molecule is O=C1OC(=O)c2ncncc21. The maximum Gasteiger partial charge on any atom is 0.365 e. The van der Waals surface area contributed by atoms with Crippen LogP contribution in [0.25, 0.3) is 0 Å². The van der Waals surface area contributed by atoms with Crippen LogP contribution in [0, 0.1) is 0 Å². The fraction of sp³-hybridized carbons (Fsp3) is 0. The Labute approximate surface area is 61.0 Å². The Kier molecular flexibility index (Phi) is 1.00. The maximum atomic E-state index is 10.8. The molecule has 5 nitrogen and oxygen atoms in total. The summed E-state index contributed by atoms with van der Waals surface area (Å²) >= 11 is 0. The normalized spacial score (nSPS) is 14.5. The first-order chi connectivity index (χ1) is 5.29. The van der Waals surface area contributed by atoms with Gasteiger partial charge >= 0.3 is 11.9 Å². The van der Waals surface area contributed by atoms with Crippen molar-refractivity contribution in [3.8, 4) is 0 Å². The zero-order chi connectivity index (χ0) is 7.84. The van der Waals surface area contributed by atoms with Crippen LogP contribution in [0.4, 0.5) is 0 Å². The molecular weight excluding hydrogens is 148 g/mol. The van der Waals surface area contributed by atoms with E-state index in [0.717, 1.165) is 0 Å². The van der Waals surface area contributed by atoms with Crippen molar-refractivity contribution in [3.05, 3.63) is 23.8 Å². The smallest absolute Gasteiger partial charge is 0.365 e. The number of rotatable bonds is 0. The Morgan fingerprint density at radius 3 is 2.82 bits per heavy atom. The van der Waals surface area contributed by atoms with Crippen LogP contribution in [0.5, 0.6) is 0 Å². The van der Waals surface area contributed by atoms with Crippen molar-refractivity contribution in [1.29, 1.82) is 0 Å². The number of ether oxygens (including phenoxy) is 1. The van der Waals surface area contributed by atoms with Gasteiger partial charge in [-0.15, -0.1) is 0 Å². The van der Waals surface area contributed by atoms with Gasteiger partial charge in [-0.25, -0.2) is 19.6 Å². The molecule has 0 saturated carbocycles. The van der Waals surface area contributed by atoms with Gasteiger partial charge in [0.1, 0.15) is 11.9 Å². The second kappa shape index (κ2) is 1.85. The van der Waals surface area contributed by atoms with Gasteiger partial charge in [-0.1, -0.05) is 0 Å². The quantitative estimate of drug-likeness (QED) is 0.378. The van der Waals surface area contributed by atoms with Crippen molar-refractivity contribution in [3.63, 3.8) is 0 Å². The first-order valence-corrected chi connectivity index (χ1v) is 2.85. The first-order valence-electron chi connectivity index (χ1n) is 2.85. The van der Waals surface area contributed by atoms with E-state index in [0.29, 0.717) is 0 Å². The molecule has 0 bridgehead atoms. The predicted octanol–water partition coefficient (Wildman–Crippen LogP) is -0.213. The number of esters is 2. The van der Waals surface area contributed by atoms with Gasteiger partial charge in [-0.3, -0.25) is 0 Å². The molecular formula is C6H2N2O3. The van der Waals surface area contributed by atoms with Crippen LogP contribution in [-0.2, 0) is 4.74 Å². The number of nitrogens with zero attached hydrogens (tertiary/aromatic N) is 2. The summed E-state index contributed by atoms with van der Waals surface area (Å²) in [5.41, 5.74) is 0.183. The van der Waals surface area contributed by atoms with Crippen LogP contribution in [-0.4, -0.2) is 21.9 Å². The first kappa shape index (κ1) is 5.96. The van der Waals surface area contributed by atoms with Crippen LogP contribution in [0.2, 0.25) is 0 Å². The van der Waals surface area contributed by atoms with Crippen molar-refractivity contribution < 1.29 is 14.3 Å². The lowest BCUT2D eigenvalue weighted by Crippen LogP contribution is -1.97. The van der Waals surface area contributed by atoms with Crippen LogP contribution in [0.15, 0.2) is 12.5 Å². The second-order valence-electron chi connectivity index (χ2n) is 1.96. The largest absolute Gasteiger partial charge is 0.384 e. The van der Waals surface area contributed by atoms with Crippen molar-refractivity contribution >= 4 is 11.9 Å². The summed E-state index contributed by atoms with van der Waals surface area (Å²) < 4.78 is 4.25. The molecule has 0 fully saturated rings. The summed E-state index contributed by atoms with van der Waals surface area (Å²) in [4.78, 5) is 28.7. The second-order valence-corrected chi connectivity index (χ2v) is 1.96. The van der Waals surface area contributed by atoms with Crippen LogP contribution in [0.1, 0.15) is 20.8 Å². The van der Waals surface area contributed by atoms with Gasteiger partial charge in [-0.2, -0.15) is 0 Å². The Morgan fingerprint density at radius 1 is 1.27 bits per heavy atom. The van der Waals surface area contributed by atoms with Gasteiger partial charge in [-0.05, 0) is 0 Å². The molecule has 0 atom stereocenters. The van der Waals surface area contributed by atoms with E-state index in [2.05, 4.69) is 14.7 Å². The third-order valence-electron chi connectivity index (χ3n) is 1.31. The Morgan fingerprint density at radius 2 is 2.09 bits per heavy atom. The summed E-state index contributed by atoms with van der Waals surface area (Å²) in [6.45, 7) is 0. The number of fused-ring (bicyclic) bond motifs is 1. The maximum absolute atomic E-state index is 10.8. The molecule has 1 aliphatic rings. The summed E-state index contributed by atoms with van der Waals surface area (Å²) in [6, 6.07) is 0.